The van der Waals surface area contributed by atoms with Crippen LogP contribution >= 0.6 is 0 Å². The van der Waals surface area contributed by atoms with Crippen molar-refractivity contribution in [3.8, 4) is 11.5 Å². The SMILES string of the molecule is CS(=O)(=O)Nc1cc([C@@H](O)CNCCOc2ccc3c4c(oc3c2)CCCC4)ccc1OCc1ccccc1. The summed E-state index contributed by atoms with van der Waals surface area (Å²) in [4.78, 5) is 0. The third-order valence-electron chi connectivity index (χ3n) is 6.73. The molecule has 0 radical (unpaired) electrons. The van der Waals surface area contributed by atoms with Crippen molar-refractivity contribution in [3.05, 3.63) is 89.2 Å². The van der Waals surface area contributed by atoms with Crippen molar-refractivity contribution < 1.29 is 27.4 Å². The molecule has 1 aliphatic rings. The molecule has 0 unspecified atom stereocenters. The van der Waals surface area contributed by atoms with Gasteiger partial charge >= 0.3 is 0 Å². The third kappa shape index (κ3) is 7.11. The number of aryl methyl sites for hydroxylation is 2. The van der Waals surface area contributed by atoms with E-state index in [1.807, 2.05) is 42.5 Å². The fourth-order valence-corrected chi connectivity index (χ4v) is 5.39. The van der Waals surface area contributed by atoms with E-state index in [1.54, 1.807) is 18.2 Å². The van der Waals surface area contributed by atoms with Crippen molar-refractivity contribution >= 4 is 26.7 Å². The Kier molecular flexibility index (Phi) is 8.40. The van der Waals surface area contributed by atoms with Gasteiger partial charge in [0.25, 0.3) is 0 Å². The summed E-state index contributed by atoms with van der Waals surface area (Å²) < 4.78 is 44.2. The number of benzene rings is 3. The number of sulfonamides is 1. The monoisotopic (exact) mass is 550 g/mol. The van der Waals surface area contributed by atoms with Gasteiger partial charge < -0.3 is 24.3 Å². The van der Waals surface area contributed by atoms with E-state index in [2.05, 4.69) is 16.1 Å². The third-order valence-corrected chi connectivity index (χ3v) is 7.33. The zero-order chi connectivity index (χ0) is 27.2. The second kappa shape index (κ2) is 12.1. The maximum atomic E-state index is 11.9. The predicted molar refractivity (Wildman–Crippen MR) is 152 cm³/mol. The molecule has 0 amide bonds. The number of furan rings is 1. The van der Waals surface area contributed by atoms with Crippen LogP contribution in [0.5, 0.6) is 11.5 Å². The molecule has 1 aliphatic carbocycles. The molecule has 0 saturated heterocycles. The Morgan fingerprint density at radius 1 is 1.00 bits per heavy atom. The van der Waals surface area contributed by atoms with E-state index in [1.165, 1.54) is 23.8 Å². The maximum Gasteiger partial charge on any atom is 0.229 e. The summed E-state index contributed by atoms with van der Waals surface area (Å²) in [5.74, 6) is 2.24. The minimum absolute atomic E-state index is 0.274. The Morgan fingerprint density at radius 3 is 2.64 bits per heavy atom. The smallest absolute Gasteiger partial charge is 0.229 e. The molecule has 0 aliphatic heterocycles. The molecule has 8 nitrogen and oxygen atoms in total. The zero-order valence-corrected chi connectivity index (χ0v) is 22.8. The van der Waals surface area contributed by atoms with Gasteiger partial charge in [0, 0.05) is 36.5 Å². The van der Waals surface area contributed by atoms with Gasteiger partial charge in [-0.1, -0.05) is 36.4 Å². The topological polar surface area (TPSA) is 110 Å². The number of aliphatic hydroxyl groups is 1. The van der Waals surface area contributed by atoms with Gasteiger partial charge in [-0.2, -0.15) is 0 Å². The largest absolute Gasteiger partial charge is 0.492 e. The van der Waals surface area contributed by atoms with Gasteiger partial charge in [-0.05, 0) is 54.7 Å². The highest BCUT2D eigenvalue weighted by Crippen LogP contribution is 2.34. The fraction of sp³-hybridized carbons (Fsp3) is 0.333. The molecule has 3 aromatic carbocycles. The van der Waals surface area contributed by atoms with Gasteiger partial charge in [-0.3, -0.25) is 4.72 Å². The number of fused-ring (bicyclic) bond motifs is 3. The minimum atomic E-state index is -3.54. The van der Waals surface area contributed by atoms with E-state index >= 15 is 0 Å². The number of anilines is 1. The Balaban J connectivity index is 1.14. The molecule has 0 bridgehead atoms. The number of ether oxygens (including phenoxy) is 2. The molecule has 0 spiro atoms. The molecule has 1 aromatic heterocycles. The molecule has 9 heteroatoms. The summed E-state index contributed by atoms with van der Waals surface area (Å²) in [7, 11) is -3.54. The van der Waals surface area contributed by atoms with Crippen LogP contribution in [0.25, 0.3) is 11.0 Å². The first-order valence-corrected chi connectivity index (χ1v) is 15.1. The molecule has 0 saturated carbocycles. The highest BCUT2D eigenvalue weighted by atomic mass is 32.2. The molecular weight excluding hydrogens is 516 g/mol. The number of hydrogen-bond donors (Lipinski definition) is 3. The van der Waals surface area contributed by atoms with Crippen molar-refractivity contribution in [2.24, 2.45) is 0 Å². The van der Waals surface area contributed by atoms with Gasteiger partial charge in [-0.25, -0.2) is 8.42 Å². The summed E-state index contributed by atoms with van der Waals surface area (Å²) in [5, 5.41) is 15.1. The molecule has 206 valence electrons. The van der Waals surface area contributed by atoms with E-state index in [0.29, 0.717) is 24.5 Å². The maximum absolute atomic E-state index is 11.9. The highest BCUT2D eigenvalue weighted by Gasteiger charge is 2.18. The van der Waals surface area contributed by atoms with Crippen LogP contribution in [0.3, 0.4) is 0 Å². The van der Waals surface area contributed by atoms with Gasteiger partial charge in [-0.15, -0.1) is 0 Å². The van der Waals surface area contributed by atoms with Crippen molar-refractivity contribution in [2.45, 2.75) is 38.4 Å². The fourth-order valence-electron chi connectivity index (χ4n) is 4.83. The van der Waals surface area contributed by atoms with Crippen molar-refractivity contribution in [3.63, 3.8) is 0 Å². The molecule has 1 heterocycles. The molecule has 5 rings (SSSR count). The Hall–Kier alpha value is -3.53. The Morgan fingerprint density at radius 2 is 1.82 bits per heavy atom. The second-order valence-electron chi connectivity index (χ2n) is 9.84. The zero-order valence-electron chi connectivity index (χ0n) is 22.0. The highest BCUT2D eigenvalue weighted by molar-refractivity contribution is 7.92. The first kappa shape index (κ1) is 27.1. The molecular formula is C30H34N2O6S. The average molecular weight is 551 g/mol. The van der Waals surface area contributed by atoms with E-state index < -0.39 is 16.1 Å². The van der Waals surface area contributed by atoms with Crippen LogP contribution in [0.4, 0.5) is 5.69 Å². The van der Waals surface area contributed by atoms with Gasteiger partial charge in [0.15, 0.2) is 0 Å². The van der Waals surface area contributed by atoms with Crippen LogP contribution in [-0.2, 0) is 29.5 Å². The van der Waals surface area contributed by atoms with Gasteiger partial charge in [0.05, 0.1) is 18.0 Å². The van der Waals surface area contributed by atoms with Crippen LogP contribution in [0, 0.1) is 0 Å². The van der Waals surface area contributed by atoms with Crippen molar-refractivity contribution in [1.82, 2.24) is 5.32 Å². The van der Waals surface area contributed by atoms with E-state index in [4.69, 9.17) is 13.9 Å². The van der Waals surface area contributed by atoms with Crippen LogP contribution in [0.1, 0.15) is 41.4 Å². The first-order chi connectivity index (χ1) is 18.9. The van der Waals surface area contributed by atoms with Gasteiger partial charge in [0.2, 0.25) is 10.0 Å². The quantitative estimate of drug-likeness (QED) is 0.214. The minimum Gasteiger partial charge on any atom is -0.492 e. The normalized spacial score (nSPS) is 14.1. The lowest BCUT2D eigenvalue weighted by Crippen LogP contribution is -2.26. The molecule has 39 heavy (non-hydrogen) atoms. The van der Waals surface area contributed by atoms with Crippen LogP contribution < -0.4 is 19.5 Å². The summed E-state index contributed by atoms with van der Waals surface area (Å²) >= 11 is 0. The Labute approximate surface area is 229 Å². The molecule has 0 fully saturated rings. The number of rotatable bonds is 12. The summed E-state index contributed by atoms with van der Waals surface area (Å²) in [6, 6.07) is 20.6. The first-order valence-electron chi connectivity index (χ1n) is 13.2. The second-order valence-corrected chi connectivity index (χ2v) is 11.6. The summed E-state index contributed by atoms with van der Waals surface area (Å²) in [6.07, 6.45) is 4.69. The summed E-state index contributed by atoms with van der Waals surface area (Å²) in [6.45, 7) is 1.51. The van der Waals surface area contributed by atoms with Gasteiger partial charge in [0.1, 0.15) is 36.1 Å². The number of aliphatic hydroxyl groups excluding tert-OH is 1. The molecule has 1 atom stereocenters. The summed E-state index contributed by atoms with van der Waals surface area (Å²) in [5.41, 5.74) is 4.01. The number of hydrogen-bond acceptors (Lipinski definition) is 7. The van der Waals surface area contributed by atoms with Crippen molar-refractivity contribution in [1.29, 1.82) is 0 Å². The van der Waals surface area contributed by atoms with E-state index in [-0.39, 0.29) is 18.8 Å². The van der Waals surface area contributed by atoms with Crippen LogP contribution in [-0.4, -0.2) is 39.5 Å². The van der Waals surface area contributed by atoms with Crippen LogP contribution in [0.2, 0.25) is 0 Å². The standard InChI is InChI=1S/C30H34N2O6S/c1-39(34,35)32-26-17-22(11-14-29(26)37-20-21-7-3-2-4-8-21)27(33)19-31-15-16-36-23-12-13-25-24-9-5-6-10-28(24)38-30(25)18-23/h2-4,7-8,11-14,17-18,27,31-33H,5-6,9-10,15-16,19-20H2,1H3/t27-/m0/s1. The lowest BCUT2D eigenvalue weighted by atomic mass is 9.96. The van der Waals surface area contributed by atoms with Crippen molar-refractivity contribution in [2.75, 3.05) is 30.7 Å². The van der Waals surface area contributed by atoms with E-state index in [0.717, 1.165) is 41.8 Å². The lowest BCUT2D eigenvalue weighted by molar-refractivity contribution is 0.172. The lowest BCUT2D eigenvalue weighted by Gasteiger charge is -2.17. The van der Waals surface area contributed by atoms with Crippen LogP contribution in [0.15, 0.2) is 71.1 Å². The Bertz CT molecular complexity index is 1520. The molecule has 4 aromatic rings. The average Bonchev–Trinajstić information content (AvgIpc) is 3.29. The molecule has 3 N–H and O–H groups in total. The number of nitrogens with one attached hydrogen (secondary N) is 2. The predicted octanol–water partition coefficient (Wildman–Crippen LogP) is 4.96. The van der Waals surface area contributed by atoms with E-state index in [9.17, 15) is 13.5 Å².